The minimum Gasteiger partial charge on any atom is -0.318 e. The quantitative estimate of drug-likeness (QED) is 0.744. The first kappa shape index (κ1) is 11.4. The fourth-order valence-corrected chi connectivity index (χ4v) is 3.20. The first-order chi connectivity index (χ1) is 7.31. The molecule has 0 aromatic heterocycles. The number of nitrogens with one attached hydrogen (secondary N) is 1. The van der Waals surface area contributed by atoms with Gasteiger partial charge in [-0.2, -0.15) is 0 Å². The zero-order valence-corrected chi connectivity index (χ0v) is 10.2. The van der Waals surface area contributed by atoms with Gasteiger partial charge in [0.05, 0.1) is 0 Å². The Balaban J connectivity index is 1.90. The topological polar surface area (TPSA) is 18.5 Å². The molecular formula is C12H25N3. The Bertz CT molecular complexity index is 195. The van der Waals surface area contributed by atoms with Crippen LogP contribution in [0.15, 0.2) is 0 Å². The monoisotopic (exact) mass is 211 g/mol. The Morgan fingerprint density at radius 1 is 1.20 bits per heavy atom. The molecule has 0 radical (unpaired) electrons. The van der Waals surface area contributed by atoms with Crippen LogP contribution in [-0.2, 0) is 0 Å². The molecule has 2 atom stereocenters. The fraction of sp³-hybridized carbons (Fsp3) is 1.00. The van der Waals surface area contributed by atoms with Gasteiger partial charge in [0.15, 0.2) is 0 Å². The molecule has 2 unspecified atom stereocenters. The van der Waals surface area contributed by atoms with Gasteiger partial charge in [0.1, 0.15) is 0 Å². The molecule has 0 spiro atoms. The van der Waals surface area contributed by atoms with Gasteiger partial charge in [0.25, 0.3) is 0 Å². The normalized spacial score (nSPS) is 34.8. The first-order valence-corrected chi connectivity index (χ1v) is 6.40. The number of hydrogen-bond acceptors (Lipinski definition) is 3. The highest BCUT2D eigenvalue weighted by Gasteiger charge is 2.31. The summed E-state index contributed by atoms with van der Waals surface area (Å²) in [5, 5.41) is 3.33. The molecule has 15 heavy (non-hydrogen) atoms. The Labute approximate surface area is 93.8 Å². The molecule has 0 saturated carbocycles. The molecule has 2 aliphatic rings. The molecule has 88 valence electrons. The maximum absolute atomic E-state index is 3.33. The van der Waals surface area contributed by atoms with Crippen LogP contribution in [0.3, 0.4) is 0 Å². The molecule has 2 rings (SSSR count). The van der Waals surface area contributed by atoms with Crippen LogP contribution in [0, 0.1) is 0 Å². The average molecular weight is 211 g/mol. The summed E-state index contributed by atoms with van der Waals surface area (Å²) in [5.41, 5.74) is 0. The third-order valence-corrected chi connectivity index (χ3v) is 3.93. The van der Waals surface area contributed by atoms with Gasteiger partial charge in [-0.05, 0) is 52.9 Å². The van der Waals surface area contributed by atoms with Crippen LogP contribution >= 0.6 is 0 Å². The van der Waals surface area contributed by atoms with Crippen molar-refractivity contribution < 1.29 is 0 Å². The smallest absolute Gasteiger partial charge is 0.0227 e. The number of likely N-dealkylation sites (tertiary alicyclic amines) is 2. The summed E-state index contributed by atoms with van der Waals surface area (Å²) < 4.78 is 0. The maximum Gasteiger partial charge on any atom is 0.0227 e. The van der Waals surface area contributed by atoms with Gasteiger partial charge in [-0.25, -0.2) is 0 Å². The van der Waals surface area contributed by atoms with E-state index in [2.05, 4.69) is 29.2 Å². The van der Waals surface area contributed by atoms with Crippen molar-refractivity contribution in [2.24, 2.45) is 0 Å². The summed E-state index contributed by atoms with van der Waals surface area (Å²) in [6.07, 6.45) is 5.57. The van der Waals surface area contributed by atoms with Crippen LogP contribution in [-0.4, -0.2) is 62.2 Å². The molecule has 0 aliphatic carbocycles. The molecule has 0 bridgehead atoms. The first-order valence-electron chi connectivity index (χ1n) is 6.40. The Kier molecular flexibility index (Phi) is 4.00. The lowest BCUT2D eigenvalue weighted by atomic mass is 10.0. The van der Waals surface area contributed by atoms with E-state index in [9.17, 15) is 0 Å². The summed E-state index contributed by atoms with van der Waals surface area (Å²) in [4.78, 5) is 5.25. The van der Waals surface area contributed by atoms with Gasteiger partial charge >= 0.3 is 0 Å². The predicted molar refractivity (Wildman–Crippen MR) is 64.2 cm³/mol. The van der Waals surface area contributed by atoms with Crippen molar-refractivity contribution in [3.05, 3.63) is 0 Å². The lowest BCUT2D eigenvalue weighted by Gasteiger charge is -2.39. The fourth-order valence-electron chi connectivity index (χ4n) is 3.20. The number of likely N-dealkylation sites (N-methyl/N-ethyl adjacent to an activating group) is 2. The molecule has 2 saturated heterocycles. The van der Waals surface area contributed by atoms with Crippen molar-refractivity contribution in [2.75, 3.05) is 40.3 Å². The van der Waals surface area contributed by atoms with Gasteiger partial charge in [-0.15, -0.1) is 0 Å². The van der Waals surface area contributed by atoms with Crippen molar-refractivity contribution in [1.29, 1.82) is 0 Å². The van der Waals surface area contributed by atoms with Gasteiger partial charge < -0.3 is 10.2 Å². The molecule has 3 nitrogen and oxygen atoms in total. The third kappa shape index (κ3) is 2.71. The van der Waals surface area contributed by atoms with Crippen LogP contribution in [0.1, 0.15) is 25.7 Å². The predicted octanol–water partition coefficient (Wildman–Crippen LogP) is 0.764. The van der Waals surface area contributed by atoms with E-state index in [4.69, 9.17) is 0 Å². The van der Waals surface area contributed by atoms with E-state index in [0.29, 0.717) is 0 Å². The Morgan fingerprint density at radius 2 is 2.00 bits per heavy atom. The van der Waals surface area contributed by atoms with Crippen LogP contribution in [0.4, 0.5) is 0 Å². The molecule has 2 fully saturated rings. The van der Waals surface area contributed by atoms with Crippen molar-refractivity contribution in [2.45, 2.75) is 37.8 Å². The highest BCUT2D eigenvalue weighted by Crippen LogP contribution is 2.24. The van der Waals surface area contributed by atoms with Crippen LogP contribution < -0.4 is 5.32 Å². The van der Waals surface area contributed by atoms with Crippen molar-refractivity contribution in [3.8, 4) is 0 Å². The summed E-state index contributed by atoms with van der Waals surface area (Å²) in [6.45, 7) is 5.06. The third-order valence-electron chi connectivity index (χ3n) is 3.93. The van der Waals surface area contributed by atoms with Gasteiger partial charge in [0.2, 0.25) is 0 Å². The van der Waals surface area contributed by atoms with E-state index in [0.717, 1.165) is 12.1 Å². The zero-order chi connectivity index (χ0) is 10.7. The van der Waals surface area contributed by atoms with Crippen molar-refractivity contribution in [1.82, 2.24) is 15.1 Å². The Hall–Kier alpha value is -0.120. The summed E-state index contributed by atoms with van der Waals surface area (Å²) >= 11 is 0. The van der Waals surface area contributed by atoms with E-state index >= 15 is 0 Å². The summed E-state index contributed by atoms with van der Waals surface area (Å²) in [7, 11) is 4.33. The lowest BCUT2D eigenvalue weighted by molar-refractivity contribution is 0.102. The molecular weight excluding hydrogens is 186 g/mol. The second kappa shape index (κ2) is 5.28. The molecule has 2 heterocycles. The van der Waals surface area contributed by atoms with Crippen molar-refractivity contribution in [3.63, 3.8) is 0 Å². The van der Waals surface area contributed by atoms with Gasteiger partial charge in [-0.3, -0.25) is 4.90 Å². The van der Waals surface area contributed by atoms with Gasteiger partial charge in [0, 0.05) is 25.2 Å². The highest BCUT2D eigenvalue weighted by molar-refractivity contribution is 4.88. The van der Waals surface area contributed by atoms with Crippen molar-refractivity contribution >= 4 is 0 Å². The van der Waals surface area contributed by atoms with Crippen LogP contribution in [0.2, 0.25) is 0 Å². The summed E-state index contributed by atoms with van der Waals surface area (Å²) in [6, 6.07) is 1.62. The highest BCUT2D eigenvalue weighted by atomic mass is 15.3. The molecule has 0 aromatic carbocycles. The van der Waals surface area contributed by atoms with E-state index in [1.807, 2.05) is 0 Å². The SMILES string of the molecule is CNCC1CCCN1C1CCCN(C)C1. The number of rotatable bonds is 3. The van der Waals surface area contributed by atoms with E-state index < -0.39 is 0 Å². The summed E-state index contributed by atoms with van der Waals surface area (Å²) in [5.74, 6) is 0. The standard InChI is InChI=1S/C12H25N3/c1-13-9-11-5-4-8-15(11)12-6-3-7-14(2)10-12/h11-13H,3-10H2,1-2H3. The molecule has 3 heteroatoms. The second-order valence-electron chi connectivity index (χ2n) is 5.15. The molecule has 0 amide bonds. The zero-order valence-electron chi connectivity index (χ0n) is 10.2. The van der Waals surface area contributed by atoms with Crippen LogP contribution in [0.5, 0.6) is 0 Å². The minimum absolute atomic E-state index is 0.798. The maximum atomic E-state index is 3.33. The minimum atomic E-state index is 0.798. The molecule has 0 aromatic rings. The van der Waals surface area contributed by atoms with Crippen LogP contribution in [0.25, 0.3) is 0 Å². The largest absolute Gasteiger partial charge is 0.318 e. The number of piperidine rings is 1. The lowest BCUT2D eigenvalue weighted by Crippen LogP contribution is -2.50. The van der Waals surface area contributed by atoms with Gasteiger partial charge in [-0.1, -0.05) is 0 Å². The molecule has 2 aliphatic heterocycles. The number of nitrogens with zero attached hydrogens (tertiary/aromatic N) is 2. The van der Waals surface area contributed by atoms with E-state index in [1.165, 1.54) is 51.9 Å². The number of hydrogen-bond donors (Lipinski definition) is 1. The van der Waals surface area contributed by atoms with E-state index in [1.54, 1.807) is 0 Å². The average Bonchev–Trinajstić information content (AvgIpc) is 2.66. The Morgan fingerprint density at radius 3 is 2.73 bits per heavy atom. The molecule has 1 N–H and O–H groups in total. The second-order valence-corrected chi connectivity index (χ2v) is 5.15. The van der Waals surface area contributed by atoms with E-state index in [-0.39, 0.29) is 0 Å².